The molecule has 0 spiro atoms. The van der Waals surface area contributed by atoms with Crippen molar-refractivity contribution < 1.29 is 19.0 Å². The van der Waals surface area contributed by atoms with Crippen LogP contribution in [-0.4, -0.2) is 64.9 Å². The van der Waals surface area contributed by atoms with Crippen LogP contribution in [0.4, 0.5) is 4.39 Å². The highest BCUT2D eigenvalue weighted by atomic mass is 19.1. The molecule has 138 valence electrons. The molecular formula is C18H20FN3O4. The maximum atomic E-state index is 14.1. The Kier molecular flexibility index (Phi) is 3.96. The summed E-state index contributed by atoms with van der Waals surface area (Å²) in [4.78, 5) is 28.3. The molecule has 0 aliphatic carbocycles. The zero-order valence-electron chi connectivity index (χ0n) is 14.6. The van der Waals surface area contributed by atoms with Gasteiger partial charge < -0.3 is 19.3 Å². The Labute approximate surface area is 149 Å². The molecule has 2 atom stereocenters. The summed E-state index contributed by atoms with van der Waals surface area (Å²) in [5.74, 6) is -1.66. The van der Waals surface area contributed by atoms with Crippen molar-refractivity contribution >= 4 is 16.9 Å². The molecule has 1 aromatic carbocycles. The van der Waals surface area contributed by atoms with E-state index in [0.29, 0.717) is 5.52 Å². The number of carbonyl (C=O) groups is 1. The van der Waals surface area contributed by atoms with Crippen LogP contribution in [0.15, 0.2) is 23.1 Å². The third kappa shape index (κ3) is 2.57. The number of aromatic nitrogens is 1. The van der Waals surface area contributed by atoms with Gasteiger partial charge in [-0.25, -0.2) is 9.18 Å². The van der Waals surface area contributed by atoms with Crippen LogP contribution < -0.4 is 10.2 Å². The van der Waals surface area contributed by atoms with Gasteiger partial charge in [-0.3, -0.25) is 9.69 Å². The zero-order chi connectivity index (χ0) is 18.6. The average molecular weight is 361 g/mol. The summed E-state index contributed by atoms with van der Waals surface area (Å²) in [7, 11) is 2.05. The van der Waals surface area contributed by atoms with E-state index in [1.54, 1.807) is 4.57 Å². The molecule has 2 aliphatic heterocycles. The number of hydrogen-bond acceptors (Lipinski definition) is 5. The van der Waals surface area contributed by atoms with Crippen molar-refractivity contribution in [3.63, 3.8) is 0 Å². The molecule has 0 amide bonds. The van der Waals surface area contributed by atoms with Crippen LogP contribution >= 0.6 is 0 Å². The Morgan fingerprint density at radius 2 is 1.96 bits per heavy atom. The van der Waals surface area contributed by atoms with E-state index < -0.39 is 17.2 Å². The van der Waals surface area contributed by atoms with Crippen molar-refractivity contribution in [2.75, 3.05) is 33.2 Å². The number of halogens is 1. The summed E-state index contributed by atoms with van der Waals surface area (Å²) in [5.41, 5.74) is -0.613. The maximum Gasteiger partial charge on any atom is 0.341 e. The van der Waals surface area contributed by atoms with Gasteiger partial charge in [0.05, 0.1) is 16.9 Å². The van der Waals surface area contributed by atoms with Crippen LogP contribution in [0.3, 0.4) is 0 Å². The fraction of sp³-hybridized carbons (Fsp3) is 0.444. The minimum Gasteiger partial charge on any atom is -0.477 e. The molecule has 7 nitrogen and oxygen atoms in total. The van der Waals surface area contributed by atoms with Gasteiger partial charge >= 0.3 is 5.97 Å². The van der Waals surface area contributed by atoms with Gasteiger partial charge in [-0.15, -0.1) is 0 Å². The Morgan fingerprint density at radius 1 is 1.27 bits per heavy atom. The van der Waals surface area contributed by atoms with E-state index in [4.69, 9.17) is 4.74 Å². The van der Waals surface area contributed by atoms with Gasteiger partial charge in [0.15, 0.2) is 6.23 Å². The number of carboxylic acid groups (broad SMARTS) is 1. The Bertz CT molecular complexity index is 950. The highest BCUT2D eigenvalue weighted by molar-refractivity contribution is 5.94. The van der Waals surface area contributed by atoms with E-state index in [9.17, 15) is 19.1 Å². The van der Waals surface area contributed by atoms with Gasteiger partial charge in [0, 0.05) is 38.4 Å². The van der Waals surface area contributed by atoms with E-state index in [0.717, 1.165) is 32.2 Å². The quantitative estimate of drug-likeness (QED) is 0.871. The highest BCUT2D eigenvalue weighted by Gasteiger charge is 2.35. The Balaban J connectivity index is 1.87. The van der Waals surface area contributed by atoms with Crippen LogP contribution in [-0.2, 0) is 0 Å². The van der Waals surface area contributed by atoms with Crippen LogP contribution in [0, 0.1) is 5.82 Å². The fourth-order valence-corrected chi connectivity index (χ4v) is 3.81. The second kappa shape index (κ2) is 6.07. The monoisotopic (exact) mass is 361 g/mol. The summed E-state index contributed by atoms with van der Waals surface area (Å²) >= 11 is 0. The zero-order valence-corrected chi connectivity index (χ0v) is 14.6. The molecule has 0 radical (unpaired) electrons. The lowest BCUT2D eigenvalue weighted by atomic mass is 10.1. The SMILES string of the molecule is C[C@H]1C(N2CCN(C)CC2)Oc2cc(F)cc3c(=O)c(C(=O)O)cn1c23. The number of rotatable bonds is 2. The van der Waals surface area contributed by atoms with E-state index in [1.807, 2.05) is 6.92 Å². The lowest BCUT2D eigenvalue weighted by Gasteiger charge is -2.43. The Hall–Kier alpha value is -2.45. The molecule has 1 unspecified atom stereocenters. The molecular weight excluding hydrogens is 341 g/mol. The summed E-state index contributed by atoms with van der Waals surface area (Å²) in [6.45, 7) is 5.30. The van der Waals surface area contributed by atoms with Crippen LogP contribution in [0.1, 0.15) is 23.3 Å². The number of piperazine rings is 1. The fourth-order valence-electron chi connectivity index (χ4n) is 3.81. The first-order valence-corrected chi connectivity index (χ1v) is 8.58. The first-order chi connectivity index (χ1) is 12.4. The summed E-state index contributed by atoms with van der Waals surface area (Å²) < 4.78 is 21.9. The number of nitrogens with zero attached hydrogens (tertiary/aromatic N) is 3. The van der Waals surface area contributed by atoms with Crippen LogP contribution in [0.5, 0.6) is 5.75 Å². The molecule has 1 aromatic heterocycles. The molecule has 0 saturated carbocycles. The van der Waals surface area contributed by atoms with Crippen molar-refractivity contribution in [3.05, 3.63) is 39.9 Å². The van der Waals surface area contributed by atoms with Crippen molar-refractivity contribution in [2.24, 2.45) is 0 Å². The third-order valence-corrected chi connectivity index (χ3v) is 5.28. The smallest absolute Gasteiger partial charge is 0.341 e. The van der Waals surface area contributed by atoms with E-state index >= 15 is 0 Å². The molecule has 4 rings (SSSR count). The summed E-state index contributed by atoms with van der Waals surface area (Å²) in [5, 5.41) is 9.41. The largest absolute Gasteiger partial charge is 0.477 e. The number of aromatic carboxylic acids is 1. The molecule has 8 heteroatoms. The van der Waals surface area contributed by atoms with Crippen molar-refractivity contribution in [1.29, 1.82) is 0 Å². The number of ether oxygens (including phenoxy) is 1. The van der Waals surface area contributed by atoms with Crippen molar-refractivity contribution in [1.82, 2.24) is 14.4 Å². The summed E-state index contributed by atoms with van der Waals surface area (Å²) in [6.07, 6.45) is 0.996. The second-order valence-corrected chi connectivity index (χ2v) is 6.97. The van der Waals surface area contributed by atoms with E-state index in [-0.39, 0.29) is 29.0 Å². The highest BCUT2D eigenvalue weighted by Crippen LogP contribution is 2.36. The predicted molar refractivity (Wildman–Crippen MR) is 93.3 cm³/mol. The molecule has 26 heavy (non-hydrogen) atoms. The third-order valence-electron chi connectivity index (χ3n) is 5.28. The van der Waals surface area contributed by atoms with Gasteiger partial charge in [0.2, 0.25) is 5.43 Å². The minimum atomic E-state index is -1.32. The van der Waals surface area contributed by atoms with Crippen molar-refractivity contribution in [2.45, 2.75) is 19.2 Å². The Morgan fingerprint density at radius 3 is 2.62 bits per heavy atom. The molecule has 2 aromatic rings. The van der Waals surface area contributed by atoms with Crippen LogP contribution in [0.25, 0.3) is 10.9 Å². The molecule has 3 heterocycles. The predicted octanol–water partition coefficient (Wildman–Crippen LogP) is 1.37. The normalized spacial score (nSPS) is 23.8. The lowest BCUT2D eigenvalue weighted by Crippen LogP contribution is -2.54. The lowest BCUT2D eigenvalue weighted by molar-refractivity contribution is -0.0367. The van der Waals surface area contributed by atoms with Crippen molar-refractivity contribution in [3.8, 4) is 5.75 Å². The maximum absolute atomic E-state index is 14.1. The van der Waals surface area contributed by atoms with Gasteiger partial charge in [-0.05, 0) is 20.0 Å². The number of hydrogen-bond donors (Lipinski definition) is 1. The number of pyridine rings is 1. The van der Waals surface area contributed by atoms with Crippen LogP contribution in [0.2, 0.25) is 0 Å². The number of carboxylic acids is 1. The van der Waals surface area contributed by atoms with Gasteiger partial charge in [-0.1, -0.05) is 0 Å². The van der Waals surface area contributed by atoms with Gasteiger partial charge in [0.1, 0.15) is 17.1 Å². The standard InChI is InChI=1S/C18H20FN3O4/c1-10-17(21-5-3-20(2)4-6-21)26-14-8-11(19)7-12-15(14)22(10)9-13(16(12)23)18(24)25/h7-10,17H,3-6H2,1-2H3,(H,24,25)/t10-,17?/m0/s1. The van der Waals surface area contributed by atoms with E-state index in [1.165, 1.54) is 12.3 Å². The molecule has 0 bridgehead atoms. The van der Waals surface area contributed by atoms with Gasteiger partial charge in [0.25, 0.3) is 0 Å². The first kappa shape index (κ1) is 17.0. The number of benzene rings is 1. The molecule has 1 N–H and O–H groups in total. The number of likely N-dealkylation sites (N-methyl/N-ethyl adjacent to an activating group) is 1. The second-order valence-electron chi connectivity index (χ2n) is 6.97. The first-order valence-electron chi connectivity index (χ1n) is 8.58. The average Bonchev–Trinajstić information content (AvgIpc) is 2.60. The topological polar surface area (TPSA) is 75.0 Å². The van der Waals surface area contributed by atoms with Gasteiger partial charge in [-0.2, -0.15) is 0 Å². The molecule has 2 aliphatic rings. The van der Waals surface area contributed by atoms with E-state index in [2.05, 4.69) is 16.8 Å². The molecule has 1 saturated heterocycles. The molecule has 1 fully saturated rings. The summed E-state index contributed by atoms with van der Waals surface area (Å²) in [6, 6.07) is 2.11. The minimum absolute atomic E-state index is 0.0311.